The van der Waals surface area contributed by atoms with Crippen LogP contribution in [0.25, 0.3) is 0 Å². The Bertz CT molecular complexity index is 368. The second kappa shape index (κ2) is 5.37. The molecule has 94 valence electrons. The number of aliphatic hydroxyl groups is 1. The van der Waals surface area contributed by atoms with E-state index in [1.165, 1.54) is 0 Å². The first-order valence-electron chi connectivity index (χ1n) is 4.49. The molecular weight excluding hydrogens is 240 g/mol. The zero-order valence-electron chi connectivity index (χ0n) is 8.97. The molecule has 0 radical (unpaired) electrons. The Hall–Kier alpha value is -0.990. The molecule has 0 bridgehead atoms. The normalized spacial score (nSPS) is 15.2. The minimum Gasteiger partial charge on any atom is -0.444 e. The number of carbonyl (C=O) groups excluding carboxylic acids is 2. The smallest absolute Gasteiger partial charge is 0.346 e. The van der Waals surface area contributed by atoms with Crippen LogP contribution >= 0.6 is 0 Å². The van der Waals surface area contributed by atoms with Crippen LogP contribution in [0.4, 0.5) is 0 Å². The highest BCUT2D eigenvalue weighted by Crippen LogP contribution is 2.12. The van der Waals surface area contributed by atoms with Gasteiger partial charge in [-0.2, -0.15) is 8.42 Å². The van der Waals surface area contributed by atoms with E-state index in [4.69, 9.17) is 4.55 Å². The minimum atomic E-state index is -4.48. The Balaban J connectivity index is 4.53. The minimum absolute atomic E-state index is 0.0338. The van der Waals surface area contributed by atoms with Crippen LogP contribution in [0.3, 0.4) is 0 Å². The average Bonchev–Trinajstić information content (AvgIpc) is 2.13. The zero-order chi connectivity index (χ0) is 13.0. The van der Waals surface area contributed by atoms with Gasteiger partial charge in [0, 0.05) is 6.42 Å². The maximum Gasteiger partial charge on any atom is 0.346 e. The van der Waals surface area contributed by atoms with Crippen LogP contribution in [0, 0.1) is 0 Å². The average molecular weight is 254 g/mol. The molecule has 0 aliphatic heterocycles. The van der Waals surface area contributed by atoms with Crippen molar-refractivity contribution in [3.63, 3.8) is 0 Å². The van der Waals surface area contributed by atoms with Crippen molar-refractivity contribution < 1.29 is 32.4 Å². The first-order valence-corrected chi connectivity index (χ1v) is 6.10. The molecule has 0 aromatic heterocycles. The topological polar surface area (TPSA) is 118 Å². The maximum atomic E-state index is 11.3. The summed E-state index contributed by atoms with van der Waals surface area (Å²) in [5.41, 5.74) is -2.39. The molecule has 0 saturated heterocycles. The van der Waals surface area contributed by atoms with Crippen molar-refractivity contribution in [3.05, 3.63) is 0 Å². The van der Waals surface area contributed by atoms with Crippen LogP contribution in [-0.4, -0.2) is 41.4 Å². The summed E-state index contributed by atoms with van der Waals surface area (Å²) in [4.78, 5) is 22.4. The molecule has 0 aliphatic rings. The van der Waals surface area contributed by atoms with Crippen LogP contribution in [0.5, 0.6) is 0 Å². The largest absolute Gasteiger partial charge is 0.444 e. The van der Waals surface area contributed by atoms with E-state index in [9.17, 15) is 23.1 Å². The van der Waals surface area contributed by atoms with Gasteiger partial charge in [-0.3, -0.25) is 9.35 Å². The first-order chi connectivity index (χ1) is 7.11. The third-order valence-electron chi connectivity index (χ3n) is 1.76. The van der Waals surface area contributed by atoms with Crippen molar-refractivity contribution in [2.24, 2.45) is 0 Å². The summed E-state index contributed by atoms with van der Waals surface area (Å²) in [5.74, 6) is -3.46. The van der Waals surface area contributed by atoms with Gasteiger partial charge >= 0.3 is 16.1 Å². The van der Waals surface area contributed by atoms with Crippen LogP contribution in [0.2, 0.25) is 0 Å². The van der Waals surface area contributed by atoms with Gasteiger partial charge < -0.3 is 9.84 Å². The van der Waals surface area contributed by atoms with E-state index in [1.807, 2.05) is 0 Å². The SMILES string of the molecule is CCCC(=O)C(C)(O)C(=O)OCS(=O)(=O)O. The number of rotatable bonds is 6. The van der Waals surface area contributed by atoms with Crippen molar-refractivity contribution in [1.29, 1.82) is 0 Å². The number of hydrogen-bond acceptors (Lipinski definition) is 6. The molecule has 7 nitrogen and oxygen atoms in total. The number of esters is 1. The quantitative estimate of drug-likeness (QED) is 0.372. The fourth-order valence-corrected chi connectivity index (χ4v) is 1.11. The number of Topliss-reactive ketones (excluding diaryl/α,β-unsaturated/α-hetero) is 1. The number of ketones is 1. The standard InChI is InChI=1S/C8H14O7S/c1-3-4-6(9)8(2,11)7(10)15-5-16(12,13)14/h11H,3-5H2,1-2H3,(H,12,13,14). The molecule has 16 heavy (non-hydrogen) atoms. The number of hydrogen-bond donors (Lipinski definition) is 2. The van der Waals surface area contributed by atoms with Crippen molar-refractivity contribution >= 4 is 21.9 Å². The van der Waals surface area contributed by atoms with Gasteiger partial charge in [-0.25, -0.2) is 4.79 Å². The van der Waals surface area contributed by atoms with Gasteiger partial charge in [0.1, 0.15) is 0 Å². The van der Waals surface area contributed by atoms with Crippen LogP contribution in [-0.2, 0) is 24.4 Å². The molecule has 0 aromatic rings. The van der Waals surface area contributed by atoms with Crippen LogP contribution < -0.4 is 0 Å². The van der Waals surface area contributed by atoms with Crippen molar-refractivity contribution in [2.45, 2.75) is 32.3 Å². The molecule has 0 rings (SSSR count). The lowest BCUT2D eigenvalue weighted by atomic mass is 9.98. The molecule has 1 unspecified atom stereocenters. The Labute approximate surface area is 93.2 Å². The predicted molar refractivity (Wildman–Crippen MR) is 53.0 cm³/mol. The van der Waals surface area contributed by atoms with Gasteiger partial charge in [0.15, 0.2) is 5.78 Å². The van der Waals surface area contributed by atoms with E-state index < -0.39 is 33.4 Å². The molecule has 8 heteroatoms. The maximum absolute atomic E-state index is 11.3. The highest BCUT2D eigenvalue weighted by atomic mass is 32.2. The first kappa shape index (κ1) is 15.0. The van der Waals surface area contributed by atoms with E-state index in [0.29, 0.717) is 6.42 Å². The van der Waals surface area contributed by atoms with Crippen molar-refractivity contribution in [2.75, 3.05) is 5.94 Å². The second-order valence-corrected chi connectivity index (χ2v) is 4.78. The number of ether oxygens (including phenoxy) is 1. The van der Waals surface area contributed by atoms with Gasteiger partial charge in [-0.05, 0) is 13.3 Å². The fraction of sp³-hybridized carbons (Fsp3) is 0.750. The monoisotopic (exact) mass is 254 g/mol. The van der Waals surface area contributed by atoms with Gasteiger partial charge in [0.25, 0.3) is 0 Å². The van der Waals surface area contributed by atoms with E-state index >= 15 is 0 Å². The van der Waals surface area contributed by atoms with E-state index in [-0.39, 0.29) is 6.42 Å². The van der Waals surface area contributed by atoms with E-state index in [1.54, 1.807) is 6.92 Å². The zero-order valence-corrected chi connectivity index (χ0v) is 9.78. The third kappa shape index (κ3) is 4.69. The van der Waals surface area contributed by atoms with E-state index in [2.05, 4.69) is 4.74 Å². The lowest BCUT2D eigenvalue weighted by Gasteiger charge is -2.18. The molecule has 0 aromatic carbocycles. The van der Waals surface area contributed by atoms with Crippen molar-refractivity contribution in [3.8, 4) is 0 Å². The predicted octanol–water partition coefficient (Wildman–Crippen LogP) is -0.505. The lowest BCUT2D eigenvalue weighted by Crippen LogP contribution is -2.45. The molecule has 0 fully saturated rings. The fourth-order valence-electron chi connectivity index (χ4n) is 0.853. The Kier molecular flexibility index (Phi) is 5.04. The van der Waals surface area contributed by atoms with Gasteiger partial charge in [0.2, 0.25) is 11.5 Å². The summed E-state index contributed by atoms with van der Waals surface area (Å²) in [6, 6.07) is 0. The van der Waals surface area contributed by atoms with Gasteiger partial charge in [-0.15, -0.1) is 0 Å². The summed E-state index contributed by atoms with van der Waals surface area (Å²) < 4.78 is 32.9. The summed E-state index contributed by atoms with van der Waals surface area (Å²) in [6.45, 7) is 2.59. The Morgan fingerprint density at radius 2 is 1.88 bits per heavy atom. The van der Waals surface area contributed by atoms with Crippen LogP contribution in [0.1, 0.15) is 26.7 Å². The molecule has 0 amide bonds. The molecule has 0 heterocycles. The molecule has 2 N–H and O–H groups in total. The molecule has 0 spiro atoms. The lowest BCUT2D eigenvalue weighted by molar-refractivity contribution is -0.167. The van der Waals surface area contributed by atoms with Crippen LogP contribution in [0.15, 0.2) is 0 Å². The van der Waals surface area contributed by atoms with E-state index in [0.717, 1.165) is 6.92 Å². The summed E-state index contributed by atoms with van der Waals surface area (Å²) in [5, 5.41) is 9.48. The summed E-state index contributed by atoms with van der Waals surface area (Å²) in [6.07, 6.45) is 0.397. The summed E-state index contributed by atoms with van der Waals surface area (Å²) >= 11 is 0. The molecular formula is C8H14O7S. The second-order valence-electron chi connectivity index (χ2n) is 3.38. The third-order valence-corrected chi connectivity index (χ3v) is 2.17. The van der Waals surface area contributed by atoms with Gasteiger partial charge in [0.05, 0.1) is 0 Å². The Morgan fingerprint density at radius 3 is 2.25 bits per heavy atom. The number of carbonyl (C=O) groups is 2. The highest BCUT2D eigenvalue weighted by Gasteiger charge is 2.39. The van der Waals surface area contributed by atoms with Gasteiger partial charge in [-0.1, -0.05) is 6.92 Å². The molecule has 0 saturated carbocycles. The summed E-state index contributed by atoms with van der Waals surface area (Å²) in [7, 11) is -4.48. The van der Waals surface area contributed by atoms with Crippen molar-refractivity contribution in [1.82, 2.24) is 0 Å². The highest BCUT2D eigenvalue weighted by molar-refractivity contribution is 7.85. The Morgan fingerprint density at radius 1 is 1.38 bits per heavy atom. The molecule has 1 atom stereocenters. The molecule has 0 aliphatic carbocycles.